The van der Waals surface area contributed by atoms with Gasteiger partial charge in [0.05, 0.1) is 6.20 Å². The Kier molecular flexibility index (Phi) is 2.59. The normalized spacial score (nSPS) is 11.1. The minimum atomic E-state index is 0.847. The zero-order valence-electron chi connectivity index (χ0n) is 10.3. The molecule has 0 saturated heterocycles. The molecule has 2 aromatic heterocycles. The summed E-state index contributed by atoms with van der Waals surface area (Å²) >= 11 is 4.52. The van der Waals surface area contributed by atoms with E-state index < -0.39 is 0 Å². The molecule has 0 aliphatic rings. The molecule has 0 fully saturated rings. The van der Waals surface area contributed by atoms with Crippen molar-refractivity contribution in [2.75, 3.05) is 0 Å². The zero-order chi connectivity index (χ0) is 12.7. The van der Waals surface area contributed by atoms with E-state index in [1.807, 2.05) is 38.2 Å². The van der Waals surface area contributed by atoms with Gasteiger partial charge in [0.15, 0.2) is 5.65 Å². The summed E-state index contributed by atoms with van der Waals surface area (Å²) in [7, 11) is 0. The van der Waals surface area contributed by atoms with Gasteiger partial charge < -0.3 is 0 Å². The molecule has 0 unspecified atom stereocenters. The topological polar surface area (TPSA) is 30.2 Å². The Morgan fingerprint density at radius 3 is 2.56 bits per heavy atom. The van der Waals surface area contributed by atoms with Crippen LogP contribution in [0.2, 0.25) is 0 Å². The Hall–Kier alpha value is -1.81. The average Bonchev–Trinajstić information content (AvgIpc) is 2.81. The Labute approximate surface area is 111 Å². The molecule has 0 saturated carbocycles. The third-order valence-corrected chi connectivity index (χ3v) is 3.71. The van der Waals surface area contributed by atoms with Crippen molar-refractivity contribution in [2.45, 2.75) is 18.9 Å². The predicted octanol–water partition coefficient (Wildman–Crippen LogP) is 3.30. The van der Waals surface area contributed by atoms with Gasteiger partial charge in [-0.15, -0.1) is 12.6 Å². The summed E-state index contributed by atoms with van der Waals surface area (Å²) in [5.74, 6) is 0. The van der Waals surface area contributed by atoms with Crippen LogP contribution < -0.4 is 0 Å². The Bertz CT molecular complexity index is 717. The van der Waals surface area contributed by atoms with Gasteiger partial charge in [-0.3, -0.25) is 0 Å². The Morgan fingerprint density at radius 2 is 1.83 bits per heavy atom. The lowest BCUT2D eigenvalue weighted by atomic mass is 10.1. The maximum Gasteiger partial charge on any atom is 0.164 e. The first-order valence-electron chi connectivity index (χ1n) is 5.78. The van der Waals surface area contributed by atoms with Gasteiger partial charge in [-0.1, -0.05) is 30.3 Å². The van der Waals surface area contributed by atoms with Crippen LogP contribution in [0.3, 0.4) is 0 Å². The van der Waals surface area contributed by atoms with E-state index in [4.69, 9.17) is 0 Å². The number of nitrogens with zero attached hydrogens (tertiary/aromatic N) is 3. The van der Waals surface area contributed by atoms with Crippen molar-refractivity contribution in [2.24, 2.45) is 0 Å². The van der Waals surface area contributed by atoms with Crippen LogP contribution in [0, 0.1) is 13.8 Å². The van der Waals surface area contributed by atoms with Crippen LogP contribution in [-0.2, 0) is 0 Å². The van der Waals surface area contributed by atoms with Gasteiger partial charge in [0, 0.05) is 16.8 Å². The van der Waals surface area contributed by atoms with E-state index in [0.29, 0.717) is 0 Å². The van der Waals surface area contributed by atoms with Crippen molar-refractivity contribution < 1.29 is 0 Å². The van der Waals surface area contributed by atoms with E-state index in [9.17, 15) is 0 Å². The van der Waals surface area contributed by atoms with Crippen LogP contribution in [0.15, 0.2) is 41.6 Å². The van der Waals surface area contributed by atoms with Crippen LogP contribution in [0.25, 0.3) is 16.8 Å². The molecule has 18 heavy (non-hydrogen) atoms. The highest BCUT2D eigenvalue weighted by Gasteiger charge is 2.12. The van der Waals surface area contributed by atoms with Crippen molar-refractivity contribution in [1.29, 1.82) is 0 Å². The third-order valence-electron chi connectivity index (χ3n) is 3.18. The maximum absolute atomic E-state index is 4.62. The molecule has 2 heterocycles. The summed E-state index contributed by atoms with van der Waals surface area (Å²) < 4.78 is 1.79. The molecule has 0 aliphatic heterocycles. The molecular formula is C14H13N3S. The fraction of sp³-hybridized carbons (Fsp3) is 0.143. The second kappa shape index (κ2) is 4.14. The lowest BCUT2D eigenvalue weighted by molar-refractivity contribution is 0.819. The summed E-state index contributed by atoms with van der Waals surface area (Å²) in [6.45, 7) is 4.00. The van der Waals surface area contributed by atoms with Gasteiger partial charge in [-0.05, 0) is 19.4 Å². The number of hydrogen-bond acceptors (Lipinski definition) is 3. The standard InChI is InChI=1S/C14H13N3S/c1-9-10(2)16-13-12(8-15-17(13)14(9)18)11-6-4-3-5-7-11/h3-8,18H,1-2H3. The van der Waals surface area contributed by atoms with E-state index in [1.165, 1.54) is 0 Å². The summed E-state index contributed by atoms with van der Waals surface area (Å²) in [6, 6.07) is 10.2. The summed E-state index contributed by atoms with van der Waals surface area (Å²) in [5.41, 5.74) is 5.07. The second-order valence-corrected chi connectivity index (χ2v) is 4.73. The van der Waals surface area contributed by atoms with Crippen molar-refractivity contribution in [3.63, 3.8) is 0 Å². The fourth-order valence-corrected chi connectivity index (χ4v) is 2.30. The number of thiol groups is 1. The molecule has 1 aromatic carbocycles. The van der Waals surface area contributed by atoms with Gasteiger partial charge in [-0.2, -0.15) is 5.10 Å². The van der Waals surface area contributed by atoms with Crippen molar-refractivity contribution in [3.8, 4) is 11.1 Å². The van der Waals surface area contributed by atoms with E-state index in [0.717, 1.165) is 33.1 Å². The van der Waals surface area contributed by atoms with Crippen LogP contribution in [0.5, 0.6) is 0 Å². The smallest absolute Gasteiger partial charge is 0.164 e. The molecule has 3 nitrogen and oxygen atoms in total. The largest absolute Gasteiger partial charge is 0.233 e. The molecule has 4 heteroatoms. The van der Waals surface area contributed by atoms with E-state index in [2.05, 4.69) is 34.8 Å². The van der Waals surface area contributed by atoms with Gasteiger partial charge in [0.1, 0.15) is 5.03 Å². The minimum Gasteiger partial charge on any atom is -0.233 e. The van der Waals surface area contributed by atoms with Gasteiger partial charge in [0.25, 0.3) is 0 Å². The average molecular weight is 255 g/mol. The van der Waals surface area contributed by atoms with Crippen molar-refractivity contribution in [3.05, 3.63) is 47.8 Å². The molecule has 0 aliphatic carbocycles. The molecule has 3 aromatic rings. The molecule has 90 valence electrons. The van der Waals surface area contributed by atoms with Crippen molar-refractivity contribution in [1.82, 2.24) is 14.6 Å². The molecule has 0 amide bonds. The number of fused-ring (bicyclic) bond motifs is 1. The molecule has 0 radical (unpaired) electrons. The summed E-state index contributed by atoms with van der Waals surface area (Å²) in [5, 5.41) is 5.22. The lowest BCUT2D eigenvalue weighted by Crippen LogP contribution is -1.99. The SMILES string of the molecule is Cc1nc2c(-c3ccccc3)cnn2c(S)c1C. The fourth-order valence-electron chi connectivity index (χ4n) is 1.99. The van der Waals surface area contributed by atoms with Gasteiger partial charge >= 0.3 is 0 Å². The first kappa shape index (κ1) is 11.3. The molecule has 0 bridgehead atoms. The van der Waals surface area contributed by atoms with Gasteiger partial charge in [-0.25, -0.2) is 9.50 Å². The molecular weight excluding hydrogens is 242 g/mol. The molecule has 0 atom stereocenters. The number of hydrogen-bond donors (Lipinski definition) is 1. The molecule has 3 rings (SSSR count). The lowest BCUT2D eigenvalue weighted by Gasteiger charge is -2.06. The number of benzene rings is 1. The maximum atomic E-state index is 4.62. The second-order valence-electron chi connectivity index (χ2n) is 4.31. The van der Waals surface area contributed by atoms with E-state index in [1.54, 1.807) is 4.52 Å². The molecule has 0 N–H and O–H groups in total. The first-order valence-corrected chi connectivity index (χ1v) is 6.22. The highest BCUT2D eigenvalue weighted by Crippen LogP contribution is 2.26. The highest BCUT2D eigenvalue weighted by atomic mass is 32.1. The summed E-state index contributed by atoms with van der Waals surface area (Å²) in [4.78, 5) is 4.62. The predicted molar refractivity (Wildman–Crippen MR) is 75.1 cm³/mol. The Balaban J connectivity index is 2.34. The van der Waals surface area contributed by atoms with Gasteiger partial charge in [0.2, 0.25) is 0 Å². The number of rotatable bonds is 1. The zero-order valence-corrected chi connectivity index (χ0v) is 11.1. The quantitative estimate of drug-likeness (QED) is 0.534. The van der Waals surface area contributed by atoms with Crippen LogP contribution in [-0.4, -0.2) is 14.6 Å². The summed E-state index contributed by atoms with van der Waals surface area (Å²) in [6.07, 6.45) is 1.84. The highest BCUT2D eigenvalue weighted by molar-refractivity contribution is 7.80. The third kappa shape index (κ3) is 1.61. The van der Waals surface area contributed by atoms with Crippen molar-refractivity contribution >= 4 is 18.3 Å². The van der Waals surface area contributed by atoms with Crippen LogP contribution in [0.1, 0.15) is 11.3 Å². The van der Waals surface area contributed by atoms with Crippen LogP contribution in [0.4, 0.5) is 0 Å². The molecule has 0 spiro atoms. The van der Waals surface area contributed by atoms with E-state index in [-0.39, 0.29) is 0 Å². The first-order chi connectivity index (χ1) is 8.68. The number of aromatic nitrogens is 3. The van der Waals surface area contributed by atoms with Crippen LogP contribution >= 0.6 is 12.6 Å². The monoisotopic (exact) mass is 255 g/mol. The minimum absolute atomic E-state index is 0.847. The van der Waals surface area contributed by atoms with E-state index >= 15 is 0 Å². The number of aryl methyl sites for hydroxylation is 1. The Morgan fingerprint density at radius 1 is 1.11 bits per heavy atom.